The van der Waals surface area contributed by atoms with Crippen LogP contribution in [0.3, 0.4) is 0 Å². The topological polar surface area (TPSA) is 30.5 Å². The number of hydrogen-bond donors (Lipinski definition) is 1. The van der Waals surface area contributed by atoms with Crippen molar-refractivity contribution in [3.8, 4) is 11.5 Å². The summed E-state index contributed by atoms with van der Waals surface area (Å²) in [6.45, 7) is 2.89. The zero-order valence-electron chi connectivity index (χ0n) is 12.5. The van der Waals surface area contributed by atoms with Gasteiger partial charge in [0.2, 0.25) is 0 Å². The van der Waals surface area contributed by atoms with Crippen molar-refractivity contribution in [3.05, 3.63) is 45.9 Å². The highest BCUT2D eigenvalue weighted by atomic mass is 32.1. The molecular weight excluding hydrogens is 289 g/mol. The van der Waals surface area contributed by atoms with E-state index in [1.165, 1.54) is 13.2 Å². The molecule has 5 heteroatoms. The molecule has 1 heterocycles. The van der Waals surface area contributed by atoms with Gasteiger partial charge in [-0.25, -0.2) is 4.39 Å². The molecule has 0 aliphatic rings. The molecule has 1 atom stereocenters. The number of hydrogen-bond acceptors (Lipinski definition) is 4. The molecule has 0 amide bonds. The normalized spacial score (nSPS) is 12.2. The van der Waals surface area contributed by atoms with Gasteiger partial charge < -0.3 is 14.8 Å². The number of methoxy groups -OCH3 is 2. The van der Waals surface area contributed by atoms with Gasteiger partial charge in [-0.1, -0.05) is 13.0 Å². The quantitative estimate of drug-likeness (QED) is 0.839. The smallest absolute Gasteiger partial charge is 0.134 e. The van der Waals surface area contributed by atoms with Gasteiger partial charge in [-0.2, -0.15) is 0 Å². The van der Waals surface area contributed by atoms with E-state index in [0.29, 0.717) is 11.3 Å². The van der Waals surface area contributed by atoms with Gasteiger partial charge in [-0.05, 0) is 30.5 Å². The van der Waals surface area contributed by atoms with E-state index in [1.54, 1.807) is 30.6 Å². The number of rotatable bonds is 7. The zero-order chi connectivity index (χ0) is 15.2. The molecule has 0 saturated carbocycles. The molecule has 1 unspecified atom stereocenters. The summed E-state index contributed by atoms with van der Waals surface area (Å²) in [6, 6.07) is 6.64. The Kier molecular flexibility index (Phi) is 5.59. The van der Waals surface area contributed by atoms with Crippen LogP contribution in [0.5, 0.6) is 11.5 Å². The molecule has 3 nitrogen and oxygen atoms in total. The number of nitrogens with one attached hydrogen (secondary N) is 1. The predicted molar refractivity (Wildman–Crippen MR) is 84.0 cm³/mol. The molecule has 0 fully saturated rings. The minimum atomic E-state index is -0.279. The molecule has 0 saturated heterocycles. The van der Waals surface area contributed by atoms with E-state index in [4.69, 9.17) is 9.47 Å². The SMILES string of the molecule is CCCNC(c1ccc(OC)cc1F)c1sccc1OC. The first-order chi connectivity index (χ1) is 10.2. The first kappa shape index (κ1) is 15.8. The summed E-state index contributed by atoms with van der Waals surface area (Å²) in [5.74, 6) is 1.02. The summed E-state index contributed by atoms with van der Waals surface area (Å²) in [4.78, 5) is 0.981. The van der Waals surface area contributed by atoms with Crippen LogP contribution in [0.15, 0.2) is 29.6 Å². The monoisotopic (exact) mass is 309 g/mol. The molecule has 1 aromatic carbocycles. The molecule has 0 bridgehead atoms. The van der Waals surface area contributed by atoms with Crippen molar-refractivity contribution in [2.24, 2.45) is 0 Å². The van der Waals surface area contributed by atoms with Gasteiger partial charge in [0, 0.05) is 11.6 Å². The van der Waals surface area contributed by atoms with Crippen molar-refractivity contribution in [1.29, 1.82) is 0 Å². The molecule has 0 spiro atoms. The van der Waals surface area contributed by atoms with Gasteiger partial charge in [0.05, 0.1) is 25.1 Å². The third kappa shape index (κ3) is 3.54. The van der Waals surface area contributed by atoms with E-state index in [2.05, 4.69) is 12.2 Å². The van der Waals surface area contributed by atoms with Crippen molar-refractivity contribution in [2.75, 3.05) is 20.8 Å². The van der Waals surface area contributed by atoms with E-state index in [1.807, 2.05) is 11.4 Å². The van der Waals surface area contributed by atoms with E-state index < -0.39 is 0 Å². The highest BCUT2D eigenvalue weighted by Gasteiger charge is 2.22. The van der Waals surface area contributed by atoms with Crippen LogP contribution in [0, 0.1) is 5.82 Å². The average Bonchev–Trinajstić information content (AvgIpc) is 2.97. The lowest BCUT2D eigenvalue weighted by atomic mass is 10.0. The Balaban J connectivity index is 2.40. The second kappa shape index (κ2) is 7.43. The van der Waals surface area contributed by atoms with Gasteiger partial charge in [-0.3, -0.25) is 0 Å². The molecule has 1 N–H and O–H groups in total. The lowest BCUT2D eigenvalue weighted by Crippen LogP contribution is -2.23. The highest BCUT2D eigenvalue weighted by molar-refractivity contribution is 7.10. The number of ether oxygens (including phenoxy) is 2. The Morgan fingerprint density at radius 3 is 2.67 bits per heavy atom. The fourth-order valence-corrected chi connectivity index (χ4v) is 3.14. The molecule has 0 aliphatic heterocycles. The van der Waals surface area contributed by atoms with Gasteiger partial charge in [0.25, 0.3) is 0 Å². The first-order valence-corrected chi connectivity index (χ1v) is 7.77. The average molecular weight is 309 g/mol. The Morgan fingerprint density at radius 1 is 1.24 bits per heavy atom. The predicted octanol–water partition coefficient (Wildman–Crippen LogP) is 3.99. The Hall–Kier alpha value is -1.59. The maximum Gasteiger partial charge on any atom is 0.134 e. The number of thiophene rings is 1. The second-order valence-electron chi connectivity index (χ2n) is 4.63. The molecule has 21 heavy (non-hydrogen) atoms. The largest absolute Gasteiger partial charge is 0.497 e. The van der Waals surface area contributed by atoms with Crippen LogP contribution >= 0.6 is 11.3 Å². The van der Waals surface area contributed by atoms with Crippen LogP contribution in [-0.4, -0.2) is 20.8 Å². The molecule has 2 aromatic rings. The highest BCUT2D eigenvalue weighted by Crippen LogP contribution is 2.36. The molecule has 2 rings (SSSR count). The summed E-state index contributed by atoms with van der Waals surface area (Å²) in [5.41, 5.74) is 0.602. The summed E-state index contributed by atoms with van der Waals surface area (Å²) < 4.78 is 24.8. The van der Waals surface area contributed by atoms with Crippen molar-refractivity contribution in [3.63, 3.8) is 0 Å². The van der Waals surface area contributed by atoms with Crippen molar-refractivity contribution < 1.29 is 13.9 Å². The Bertz CT molecular complexity index is 585. The van der Waals surface area contributed by atoms with Crippen LogP contribution in [0.1, 0.15) is 29.8 Å². The first-order valence-electron chi connectivity index (χ1n) is 6.89. The Morgan fingerprint density at radius 2 is 2.05 bits per heavy atom. The van der Waals surface area contributed by atoms with Gasteiger partial charge in [0.15, 0.2) is 0 Å². The van der Waals surface area contributed by atoms with E-state index >= 15 is 0 Å². The van der Waals surface area contributed by atoms with Crippen LogP contribution in [0.2, 0.25) is 0 Å². The molecular formula is C16H20FNO2S. The Labute approximate surface area is 128 Å². The molecule has 114 valence electrons. The molecule has 1 aromatic heterocycles. The summed E-state index contributed by atoms with van der Waals surface area (Å²) >= 11 is 1.56. The zero-order valence-corrected chi connectivity index (χ0v) is 13.3. The third-order valence-corrected chi connectivity index (χ3v) is 4.22. The summed E-state index contributed by atoms with van der Waals surface area (Å²) in [5, 5.41) is 5.35. The fourth-order valence-electron chi connectivity index (χ4n) is 2.19. The minimum absolute atomic E-state index is 0.217. The fraction of sp³-hybridized carbons (Fsp3) is 0.375. The summed E-state index contributed by atoms with van der Waals surface area (Å²) in [6.07, 6.45) is 0.974. The van der Waals surface area contributed by atoms with Crippen LogP contribution < -0.4 is 14.8 Å². The maximum atomic E-state index is 14.4. The lowest BCUT2D eigenvalue weighted by molar-refractivity contribution is 0.404. The van der Waals surface area contributed by atoms with Gasteiger partial charge in [0.1, 0.15) is 17.3 Å². The number of halogens is 1. The van der Waals surface area contributed by atoms with E-state index in [-0.39, 0.29) is 11.9 Å². The van der Waals surface area contributed by atoms with Crippen LogP contribution in [0.25, 0.3) is 0 Å². The summed E-state index contributed by atoms with van der Waals surface area (Å²) in [7, 11) is 3.16. The van der Waals surface area contributed by atoms with Crippen LogP contribution in [0.4, 0.5) is 4.39 Å². The molecule has 0 aliphatic carbocycles. The minimum Gasteiger partial charge on any atom is -0.497 e. The number of benzene rings is 1. The second-order valence-corrected chi connectivity index (χ2v) is 5.58. The van der Waals surface area contributed by atoms with E-state index in [0.717, 1.165) is 23.6 Å². The van der Waals surface area contributed by atoms with Gasteiger partial charge >= 0.3 is 0 Å². The van der Waals surface area contributed by atoms with E-state index in [9.17, 15) is 4.39 Å². The third-order valence-electron chi connectivity index (χ3n) is 3.26. The van der Waals surface area contributed by atoms with Crippen molar-refractivity contribution >= 4 is 11.3 Å². The maximum absolute atomic E-state index is 14.4. The standard InChI is InChI=1S/C16H20FNO2S/c1-4-8-18-15(16-14(20-3)7-9-21-16)12-6-5-11(19-2)10-13(12)17/h5-7,9-10,15,18H,4,8H2,1-3H3. The van der Waals surface area contributed by atoms with Crippen molar-refractivity contribution in [2.45, 2.75) is 19.4 Å². The lowest BCUT2D eigenvalue weighted by Gasteiger charge is -2.20. The van der Waals surface area contributed by atoms with Crippen LogP contribution in [-0.2, 0) is 0 Å². The van der Waals surface area contributed by atoms with Gasteiger partial charge in [-0.15, -0.1) is 11.3 Å². The van der Waals surface area contributed by atoms with Crippen molar-refractivity contribution in [1.82, 2.24) is 5.32 Å². The molecule has 0 radical (unpaired) electrons.